The molecule has 17 heavy (non-hydrogen) atoms. The third kappa shape index (κ3) is 3.21. The first kappa shape index (κ1) is 13.3. The van der Waals surface area contributed by atoms with E-state index in [1.54, 1.807) is 0 Å². The highest BCUT2D eigenvalue weighted by molar-refractivity contribution is 7.11. The molecule has 2 nitrogen and oxygen atoms in total. The maximum Gasteiger partial charge on any atom is 0.107 e. The van der Waals surface area contributed by atoms with Gasteiger partial charge in [0.05, 0.1) is 12.2 Å². The Morgan fingerprint density at radius 3 is 2.65 bits per heavy atom. The SMILES string of the molecule is Cc1nc(CN(C)C2CCCCC2Cl)sc1C. The van der Waals surface area contributed by atoms with E-state index in [-0.39, 0.29) is 0 Å². The topological polar surface area (TPSA) is 16.1 Å². The van der Waals surface area contributed by atoms with Gasteiger partial charge in [-0.1, -0.05) is 12.8 Å². The van der Waals surface area contributed by atoms with Gasteiger partial charge in [-0.25, -0.2) is 4.98 Å². The summed E-state index contributed by atoms with van der Waals surface area (Å²) in [5, 5.41) is 1.54. The highest BCUT2D eigenvalue weighted by Gasteiger charge is 2.27. The van der Waals surface area contributed by atoms with Gasteiger partial charge in [0.1, 0.15) is 5.01 Å². The van der Waals surface area contributed by atoms with Crippen molar-refractivity contribution < 1.29 is 0 Å². The summed E-state index contributed by atoms with van der Waals surface area (Å²) in [5.41, 5.74) is 1.17. The van der Waals surface area contributed by atoms with E-state index >= 15 is 0 Å². The predicted molar refractivity (Wildman–Crippen MR) is 75.0 cm³/mol. The molecule has 2 atom stereocenters. The Morgan fingerprint density at radius 1 is 1.35 bits per heavy atom. The maximum absolute atomic E-state index is 6.42. The third-order valence-electron chi connectivity index (χ3n) is 3.67. The minimum Gasteiger partial charge on any atom is -0.295 e. The van der Waals surface area contributed by atoms with E-state index in [1.165, 1.54) is 34.8 Å². The summed E-state index contributed by atoms with van der Waals surface area (Å²) < 4.78 is 0. The van der Waals surface area contributed by atoms with Crippen molar-refractivity contribution in [1.82, 2.24) is 9.88 Å². The number of rotatable bonds is 3. The average molecular weight is 273 g/mol. The summed E-state index contributed by atoms with van der Waals surface area (Å²) in [7, 11) is 2.18. The van der Waals surface area contributed by atoms with Crippen LogP contribution in [-0.4, -0.2) is 28.4 Å². The fourth-order valence-corrected chi connectivity index (χ4v) is 3.97. The Balaban J connectivity index is 1.98. The normalized spacial score (nSPS) is 25.5. The van der Waals surface area contributed by atoms with Gasteiger partial charge in [-0.3, -0.25) is 4.90 Å². The standard InChI is InChI=1S/C13H21ClN2S/c1-9-10(2)17-13(15-9)8-16(3)12-7-5-4-6-11(12)14/h11-12H,4-8H2,1-3H3. The number of hydrogen-bond donors (Lipinski definition) is 0. The van der Waals surface area contributed by atoms with Crippen LogP contribution in [0.3, 0.4) is 0 Å². The molecule has 1 fully saturated rings. The summed E-state index contributed by atoms with van der Waals surface area (Å²) in [6.45, 7) is 5.16. The molecule has 0 aliphatic heterocycles. The Bertz CT molecular complexity index is 358. The van der Waals surface area contributed by atoms with E-state index in [9.17, 15) is 0 Å². The molecule has 0 bridgehead atoms. The van der Waals surface area contributed by atoms with Crippen molar-refractivity contribution in [3.05, 3.63) is 15.6 Å². The zero-order chi connectivity index (χ0) is 12.4. The lowest BCUT2D eigenvalue weighted by molar-refractivity contribution is 0.188. The molecule has 0 aromatic carbocycles. The molecule has 1 aromatic rings. The van der Waals surface area contributed by atoms with Crippen LogP contribution in [0, 0.1) is 13.8 Å². The van der Waals surface area contributed by atoms with Crippen molar-refractivity contribution in [3.8, 4) is 0 Å². The number of nitrogens with zero attached hydrogens (tertiary/aromatic N) is 2. The third-order valence-corrected chi connectivity index (χ3v) is 5.24. The minimum atomic E-state index is 0.316. The lowest BCUT2D eigenvalue weighted by Gasteiger charge is -2.34. The number of aromatic nitrogens is 1. The summed E-state index contributed by atoms with van der Waals surface area (Å²) in [6, 6.07) is 0.523. The number of hydrogen-bond acceptors (Lipinski definition) is 3. The zero-order valence-corrected chi connectivity index (χ0v) is 12.4. The van der Waals surface area contributed by atoms with Gasteiger partial charge in [0.15, 0.2) is 0 Å². The summed E-state index contributed by atoms with van der Waals surface area (Å²) in [4.78, 5) is 8.32. The number of aryl methyl sites for hydroxylation is 2. The van der Waals surface area contributed by atoms with Gasteiger partial charge in [-0.05, 0) is 33.7 Å². The Kier molecular flexibility index (Phi) is 4.45. The van der Waals surface area contributed by atoms with Crippen molar-refractivity contribution in [3.63, 3.8) is 0 Å². The smallest absolute Gasteiger partial charge is 0.107 e. The van der Waals surface area contributed by atoms with E-state index in [0.29, 0.717) is 11.4 Å². The zero-order valence-electron chi connectivity index (χ0n) is 10.9. The van der Waals surface area contributed by atoms with Gasteiger partial charge in [-0.2, -0.15) is 0 Å². The molecule has 0 spiro atoms. The Hall–Kier alpha value is -0.120. The van der Waals surface area contributed by atoms with E-state index in [2.05, 4.69) is 30.8 Å². The summed E-state index contributed by atoms with van der Waals surface area (Å²) in [5.74, 6) is 0. The second-order valence-electron chi connectivity index (χ2n) is 5.03. The molecule has 0 N–H and O–H groups in total. The molecule has 1 aliphatic carbocycles. The lowest BCUT2D eigenvalue weighted by atomic mass is 9.94. The molecule has 1 saturated carbocycles. The first-order valence-corrected chi connectivity index (χ1v) is 7.60. The van der Waals surface area contributed by atoms with Gasteiger partial charge in [0.2, 0.25) is 0 Å². The van der Waals surface area contributed by atoms with Gasteiger partial charge >= 0.3 is 0 Å². The van der Waals surface area contributed by atoms with Gasteiger partial charge in [0, 0.05) is 16.3 Å². The van der Waals surface area contributed by atoms with Gasteiger partial charge in [-0.15, -0.1) is 22.9 Å². The van der Waals surface area contributed by atoms with Crippen LogP contribution < -0.4 is 0 Å². The van der Waals surface area contributed by atoms with Crippen LogP contribution in [0.4, 0.5) is 0 Å². The molecule has 2 rings (SSSR count). The fourth-order valence-electron chi connectivity index (χ4n) is 2.50. The van der Waals surface area contributed by atoms with Gasteiger partial charge in [0.25, 0.3) is 0 Å². The minimum absolute atomic E-state index is 0.316. The van der Waals surface area contributed by atoms with Crippen LogP contribution in [0.2, 0.25) is 0 Å². The molecule has 0 radical (unpaired) electrons. The monoisotopic (exact) mass is 272 g/mol. The van der Waals surface area contributed by atoms with Crippen LogP contribution in [-0.2, 0) is 6.54 Å². The van der Waals surface area contributed by atoms with E-state index in [4.69, 9.17) is 11.6 Å². The van der Waals surface area contributed by atoms with Crippen LogP contribution in [0.5, 0.6) is 0 Å². The van der Waals surface area contributed by atoms with E-state index in [1.807, 2.05) is 11.3 Å². The van der Waals surface area contributed by atoms with E-state index in [0.717, 1.165) is 13.0 Å². The molecular weight excluding hydrogens is 252 g/mol. The van der Waals surface area contributed by atoms with Crippen molar-refractivity contribution in [2.75, 3.05) is 7.05 Å². The summed E-state index contributed by atoms with van der Waals surface area (Å²) in [6.07, 6.45) is 4.99. The molecule has 1 heterocycles. The number of alkyl halides is 1. The highest BCUT2D eigenvalue weighted by Crippen LogP contribution is 2.28. The van der Waals surface area contributed by atoms with Crippen molar-refractivity contribution in [2.24, 2.45) is 0 Å². The first-order chi connectivity index (χ1) is 8.08. The quantitative estimate of drug-likeness (QED) is 0.780. The second kappa shape index (κ2) is 5.68. The second-order valence-corrected chi connectivity index (χ2v) is 6.88. The maximum atomic E-state index is 6.42. The van der Waals surface area contributed by atoms with Gasteiger partial charge < -0.3 is 0 Å². The molecule has 0 amide bonds. The number of halogens is 1. The Morgan fingerprint density at radius 2 is 2.06 bits per heavy atom. The summed E-state index contributed by atoms with van der Waals surface area (Å²) >= 11 is 8.23. The average Bonchev–Trinajstić information content (AvgIpc) is 2.58. The van der Waals surface area contributed by atoms with Crippen LogP contribution in [0.15, 0.2) is 0 Å². The number of thiazole rings is 1. The molecule has 1 aliphatic rings. The van der Waals surface area contributed by atoms with Crippen molar-refractivity contribution in [2.45, 2.75) is 57.5 Å². The Labute approximate surface area is 113 Å². The molecule has 1 aromatic heterocycles. The first-order valence-electron chi connectivity index (χ1n) is 6.35. The fraction of sp³-hybridized carbons (Fsp3) is 0.769. The van der Waals surface area contributed by atoms with Crippen LogP contribution >= 0.6 is 22.9 Å². The molecule has 2 unspecified atom stereocenters. The van der Waals surface area contributed by atoms with Crippen molar-refractivity contribution >= 4 is 22.9 Å². The molecule has 0 saturated heterocycles. The molecule has 96 valence electrons. The predicted octanol–water partition coefficient (Wildman–Crippen LogP) is 3.74. The largest absolute Gasteiger partial charge is 0.295 e. The highest BCUT2D eigenvalue weighted by atomic mass is 35.5. The molecular formula is C13H21ClN2S. The molecule has 4 heteroatoms. The van der Waals surface area contributed by atoms with Crippen LogP contribution in [0.1, 0.15) is 41.3 Å². The van der Waals surface area contributed by atoms with Crippen molar-refractivity contribution in [1.29, 1.82) is 0 Å². The van der Waals surface area contributed by atoms with Crippen LogP contribution in [0.25, 0.3) is 0 Å². The van der Waals surface area contributed by atoms with E-state index < -0.39 is 0 Å². The lowest BCUT2D eigenvalue weighted by Crippen LogP contribution is -2.40.